The molecule has 112 valence electrons. The molecule has 3 aromatic rings. The Kier molecular flexibility index (Phi) is 4.14. The van der Waals surface area contributed by atoms with E-state index in [2.05, 4.69) is 18.8 Å². The van der Waals surface area contributed by atoms with Gasteiger partial charge in [-0.3, -0.25) is 9.20 Å². The number of hydrogen-bond donors (Lipinski definition) is 0. The highest BCUT2D eigenvalue weighted by atomic mass is 35.5. The topological polar surface area (TPSA) is 34.4 Å². The summed E-state index contributed by atoms with van der Waals surface area (Å²) in [6, 6.07) is 7.71. The van der Waals surface area contributed by atoms with Crippen LogP contribution >= 0.6 is 22.9 Å². The largest absolute Gasteiger partial charge is 0.289 e. The molecule has 5 heteroatoms. The minimum absolute atomic E-state index is 0.0449. The lowest BCUT2D eigenvalue weighted by Crippen LogP contribution is -1.96. The summed E-state index contributed by atoms with van der Waals surface area (Å²) in [5.41, 5.74) is 2.62. The molecule has 1 aromatic carbocycles. The number of thiazole rings is 1. The third kappa shape index (κ3) is 2.85. The van der Waals surface area contributed by atoms with Gasteiger partial charge >= 0.3 is 0 Å². The van der Waals surface area contributed by atoms with Crippen LogP contribution in [0.3, 0.4) is 0 Å². The van der Waals surface area contributed by atoms with E-state index in [4.69, 9.17) is 11.6 Å². The number of imidazole rings is 1. The van der Waals surface area contributed by atoms with Crippen molar-refractivity contribution in [1.82, 2.24) is 9.38 Å². The molecule has 0 aliphatic carbocycles. The minimum atomic E-state index is -0.0449. The van der Waals surface area contributed by atoms with Crippen molar-refractivity contribution in [2.75, 3.05) is 0 Å². The number of hydrogen-bond acceptors (Lipinski definition) is 3. The maximum atomic E-state index is 12.2. The number of nitrogens with zero attached hydrogens (tertiary/aromatic N) is 2. The summed E-state index contributed by atoms with van der Waals surface area (Å²) in [6.07, 6.45) is 5.14. The van der Waals surface area contributed by atoms with Crippen molar-refractivity contribution in [3.63, 3.8) is 0 Å². The molecule has 3 rings (SSSR count). The maximum Gasteiger partial charge on any atom is 0.195 e. The Morgan fingerprint density at radius 3 is 2.73 bits per heavy atom. The van der Waals surface area contributed by atoms with Crippen LogP contribution < -0.4 is 0 Å². The van der Waals surface area contributed by atoms with Gasteiger partial charge in [0, 0.05) is 17.1 Å². The van der Waals surface area contributed by atoms with Crippen LogP contribution in [0.4, 0.5) is 0 Å². The standard InChI is InChI=1S/C17H15ClN2OS/c1-11(2)12-3-5-13(6-4-12)15(21)8-7-14-16(18)19-17-20(14)9-10-22-17/h3-11H,1-2H3/b8-7+. The quantitative estimate of drug-likeness (QED) is 0.494. The SMILES string of the molecule is CC(C)c1ccc(C(=O)/C=C/c2c(Cl)nc3sccn23)cc1. The molecule has 0 atom stereocenters. The molecular formula is C17H15ClN2OS. The van der Waals surface area contributed by atoms with Crippen molar-refractivity contribution >= 4 is 39.8 Å². The lowest BCUT2D eigenvalue weighted by Gasteiger charge is -2.05. The molecule has 0 N–H and O–H groups in total. The van der Waals surface area contributed by atoms with Crippen molar-refractivity contribution in [3.8, 4) is 0 Å². The van der Waals surface area contributed by atoms with Crippen molar-refractivity contribution in [2.24, 2.45) is 0 Å². The van der Waals surface area contributed by atoms with Gasteiger partial charge in [0.15, 0.2) is 15.9 Å². The minimum Gasteiger partial charge on any atom is -0.289 e. The molecule has 0 aliphatic heterocycles. The molecule has 0 bridgehead atoms. The Bertz CT molecular complexity index is 843. The number of ketones is 1. The van der Waals surface area contributed by atoms with Gasteiger partial charge in [0.05, 0.1) is 5.69 Å². The molecule has 0 unspecified atom stereocenters. The highest BCUT2D eigenvalue weighted by Gasteiger charge is 2.09. The predicted molar refractivity (Wildman–Crippen MR) is 92.0 cm³/mol. The molecule has 0 spiro atoms. The van der Waals surface area contributed by atoms with Gasteiger partial charge < -0.3 is 0 Å². The molecule has 3 nitrogen and oxygen atoms in total. The average molecular weight is 331 g/mol. The van der Waals surface area contributed by atoms with Gasteiger partial charge in [0.1, 0.15) is 0 Å². The summed E-state index contributed by atoms with van der Waals surface area (Å²) >= 11 is 7.61. The van der Waals surface area contributed by atoms with Crippen molar-refractivity contribution in [2.45, 2.75) is 19.8 Å². The first-order chi connectivity index (χ1) is 10.6. The highest BCUT2D eigenvalue weighted by molar-refractivity contribution is 7.15. The second kappa shape index (κ2) is 6.07. The number of halogens is 1. The van der Waals surface area contributed by atoms with Gasteiger partial charge in [0.2, 0.25) is 0 Å². The summed E-state index contributed by atoms with van der Waals surface area (Å²) in [6.45, 7) is 4.26. The third-order valence-electron chi connectivity index (χ3n) is 3.51. The normalized spacial score (nSPS) is 11.8. The second-order valence-electron chi connectivity index (χ2n) is 5.32. The maximum absolute atomic E-state index is 12.2. The van der Waals surface area contributed by atoms with Gasteiger partial charge in [-0.1, -0.05) is 49.7 Å². The van der Waals surface area contributed by atoms with Crippen LogP contribution in [0.1, 0.15) is 41.4 Å². The van der Waals surface area contributed by atoms with E-state index in [1.54, 1.807) is 6.08 Å². The first kappa shape index (κ1) is 15.0. The zero-order valence-corrected chi connectivity index (χ0v) is 13.9. The number of benzene rings is 1. The molecule has 0 saturated carbocycles. The van der Waals surface area contributed by atoms with E-state index < -0.39 is 0 Å². The van der Waals surface area contributed by atoms with Crippen molar-refractivity contribution < 1.29 is 4.79 Å². The van der Waals surface area contributed by atoms with Crippen LogP contribution in [0.25, 0.3) is 11.0 Å². The van der Waals surface area contributed by atoms with Crippen LogP contribution in [0.2, 0.25) is 5.15 Å². The van der Waals surface area contributed by atoms with Crippen molar-refractivity contribution in [3.05, 3.63) is 63.9 Å². The number of allylic oxidation sites excluding steroid dienone is 1. The van der Waals surface area contributed by atoms with E-state index in [1.165, 1.54) is 23.0 Å². The van der Waals surface area contributed by atoms with Gasteiger partial charge in [-0.15, -0.1) is 11.3 Å². The van der Waals surface area contributed by atoms with Crippen molar-refractivity contribution in [1.29, 1.82) is 0 Å². The van der Waals surface area contributed by atoms with E-state index in [0.717, 1.165) is 10.7 Å². The van der Waals surface area contributed by atoms with E-state index >= 15 is 0 Å². The molecule has 0 fully saturated rings. The number of rotatable bonds is 4. The number of carbonyl (C=O) groups is 1. The summed E-state index contributed by atoms with van der Waals surface area (Å²) in [5.74, 6) is 0.411. The van der Waals surface area contributed by atoms with Gasteiger partial charge in [-0.25, -0.2) is 4.98 Å². The molecule has 2 heterocycles. The first-order valence-corrected chi connectivity index (χ1v) is 8.25. The Balaban J connectivity index is 1.84. The summed E-state index contributed by atoms with van der Waals surface area (Å²) in [5, 5.41) is 2.34. The van der Waals surface area contributed by atoms with Gasteiger partial charge in [-0.2, -0.15) is 0 Å². The summed E-state index contributed by atoms with van der Waals surface area (Å²) < 4.78 is 1.87. The predicted octanol–water partition coefficient (Wildman–Crippen LogP) is 5.07. The lowest BCUT2D eigenvalue weighted by molar-refractivity contribution is 0.104. The second-order valence-corrected chi connectivity index (χ2v) is 6.55. The molecule has 0 amide bonds. The van der Waals surface area contributed by atoms with E-state index in [9.17, 15) is 4.79 Å². The number of carbonyl (C=O) groups excluding carboxylic acids is 1. The van der Waals surface area contributed by atoms with E-state index in [1.807, 2.05) is 40.2 Å². The molecule has 2 aromatic heterocycles. The third-order valence-corrected chi connectivity index (χ3v) is 4.54. The van der Waals surface area contributed by atoms with Crippen LogP contribution in [0.5, 0.6) is 0 Å². The monoisotopic (exact) mass is 330 g/mol. The van der Waals surface area contributed by atoms with E-state index in [-0.39, 0.29) is 5.78 Å². The molecule has 22 heavy (non-hydrogen) atoms. The zero-order valence-electron chi connectivity index (χ0n) is 12.3. The lowest BCUT2D eigenvalue weighted by atomic mass is 10.0. The fraction of sp³-hybridized carbons (Fsp3) is 0.176. The Morgan fingerprint density at radius 1 is 1.32 bits per heavy atom. The van der Waals surface area contributed by atoms with E-state index in [0.29, 0.717) is 16.6 Å². The zero-order chi connectivity index (χ0) is 15.7. The van der Waals surface area contributed by atoms with Gasteiger partial charge in [-0.05, 0) is 23.6 Å². The average Bonchev–Trinajstić information content (AvgIpc) is 3.06. The Hall–Kier alpha value is -1.91. The summed E-state index contributed by atoms with van der Waals surface area (Å²) in [4.78, 5) is 17.3. The fourth-order valence-electron chi connectivity index (χ4n) is 2.21. The fourth-order valence-corrected chi connectivity index (χ4v) is 3.21. The number of fused-ring (bicyclic) bond motifs is 1. The Morgan fingerprint density at radius 2 is 2.05 bits per heavy atom. The van der Waals surface area contributed by atoms with Gasteiger partial charge in [0.25, 0.3) is 0 Å². The molecule has 0 radical (unpaired) electrons. The summed E-state index contributed by atoms with van der Waals surface area (Å²) in [7, 11) is 0. The van der Waals surface area contributed by atoms with Crippen LogP contribution in [0.15, 0.2) is 41.9 Å². The number of aromatic nitrogens is 2. The smallest absolute Gasteiger partial charge is 0.195 e. The molecule has 0 saturated heterocycles. The van der Waals surface area contributed by atoms with Crippen LogP contribution in [-0.4, -0.2) is 15.2 Å². The van der Waals surface area contributed by atoms with Crippen LogP contribution in [0, 0.1) is 0 Å². The molecule has 0 aliphatic rings. The first-order valence-electron chi connectivity index (χ1n) is 6.99. The van der Waals surface area contributed by atoms with Crippen LogP contribution in [-0.2, 0) is 0 Å². The highest BCUT2D eigenvalue weighted by Crippen LogP contribution is 2.22. The Labute approximate surface area is 137 Å². The molecular weight excluding hydrogens is 316 g/mol.